The first-order chi connectivity index (χ1) is 8.28. The summed E-state index contributed by atoms with van der Waals surface area (Å²) in [4.78, 5) is 0. The summed E-state index contributed by atoms with van der Waals surface area (Å²) >= 11 is 6.20. The van der Waals surface area contributed by atoms with Crippen LogP contribution in [0.15, 0.2) is 18.2 Å². The van der Waals surface area contributed by atoms with E-state index in [1.54, 1.807) is 6.07 Å². The molecule has 2 rings (SSSR count). The van der Waals surface area contributed by atoms with Crippen molar-refractivity contribution in [3.05, 3.63) is 28.8 Å². The molecule has 3 nitrogen and oxygen atoms in total. The standard InChI is InChI=1S/C13H18BClO3/c1-12(2)13(3,4)18-14(17-12)11-9(8-16)6-5-7-10(11)15/h5-7,16H,8H2,1-4H3. The highest BCUT2D eigenvalue weighted by Gasteiger charge is 2.52. The molecule has 0 aromatic heterocycles. The number of rotatable bonds is 2. The van der Waals surface area contributed by atoms with Gasteiger partial charge in [-0.2, -0.15) is 0 Å². The zero-order valence-corrected chi connectivity index (χ0v) is 11.9. The Morgan fingerprint density at radius 1 is 1.17 bits per heavy atom. The van der Waals surface area contributed by atoms with Gasteiger partial charge in [0.15, 0.2) is 0 Å². The maximum absolute atomic E-state index is 9.39. The molecule has 0 spiro atoms. The molecule has 0 atom stereocenters. The summed E-state index contributed by atoms with van der Waals surface area (Å²) in [5, 5.41) is 9.95. The Labute approximate surface area is 113 Å². The molecule has 0 bridgehead atoms. The van der Waals surface area contributed by atoms with E-state index in [2.05, 4.69) is 0 Å². The highest BCUT2D eigenvalue weighted by molar-refractivity contribution is 6.66. The van der Waals surface area contributed by atoms with Gasteiger partial charge < -0.3 is 14.4 Å². The number of aliphatic hydroxyl groups excluding tert-OH is 1. The topological polar surface area (TPSA) is 38.7 Å². The molecule has 1 heterocycles. The molecular formula is C13H18BClO3. The van der Waals surface area contributed by atoms with Crippen molar-refractivity contribution in [3.63, 3.8) is 0 Å². The van der Waals surface area contributed by atoms with E-state index < -0.39 is 18.3 Å². The van der Waals surface area contributed by atoms with E-state index in [0.29, 0.717) is 5.02 Å². The number of aliphatic hydroxyl groups is 1. The van der Waals surface area contributed by atoms with Crippen LogP contribution >= 0.6 is 11.6 Å². The molecule has 1 aromatic carbocycles. The van der Waals surface area contributed by atoms with Gasteiger partial charge in [0.05, 0.1) is 17.8 Å². The van der Waals surface area contributed by atoms with Gasteiger partial charge in [0.25, 0.3) is 0 Å². The van der Waals surface area contributed by atoms with Gasteiger partial charge in [0.1, 0.15) is 0 Å². The van der Waals surface area contributed by atoms with Crippen LogP contribution in [-0.2, 0) is 15.9 Å². The number of hydrogen-bond acceptors (Lipinski definition) is 3. The van der Waals surface area contributed by atoms with Crippen LogP contribution < -0.4 is 5.46 Å². The first-order valence-electron chi connectivity index (χ1n) is 6.02. The fraction of sp³-hybridized carbons (Fsp3) is 0.538. The summed E-state index contributed by atoms with van der Waals surface area (Å²) in [5.74, 6) is 0. The number of benzene rings is 1. The molecule has 1 N–H and O–H groups in total. The van der Waals surface area contributed by atoms with Crippen molar-refractivity contribution in [3.8, 4) is 0 Å². The third-order valence-corrected chi connectivity index (χ3v) is 4.13. The van der Waals surface area contributed by atoms with Gasteiger partial charge in [0, 0.05) is 10.5 Å². The molecule has 0 amide bonds. The average molecular weight is 269 g/mol. The predicted octanol–water partition coefficient (Wildman–Crippen LogP) is 2.13. The van der Waals surface area contributed by atoms with E-state index in [0.717, 1.165) is 11.0 Å². The molecule has 1 fully saturated rings. The number of halogens is 1. The van der Waals surface area contributed by atoms with Crippen molar-refractivity contribution in [2.75, 3.05) is 0 Å². The Morgan fingerprint density at radius 2 is 1.72 bits per heavy atom. The van der Waals surface area contributed by atoms with E-state index in [-0.39, 0.29) is 6.61 Å². The Hall–Kier alpha value is -0.545. The van der Waals surface area contributed by atoms with Gasteiger partial charge in [-0.15, -0.1) is 0 Å². The maximum Gasteiger partial charge on any atom is 0.496 e. The van der Waals surface area contributed by atoms with Crippen LogP contribution in [-0.4, -0.2) is 23.4 Å². The lowest BCUT2D eigenvalue weighted by molar-refractivity contribution is 0.00578. The Bertz CT molecular complexity index is 444. The Kier molecular flexibility index (Phi) is 3.49. The van der Waals surface area contributed by atoms with E-state index in [9.17, 15) is 5.11 Å². The summed E-state index contributed by atoms with van der Waals surface area (Å²) in [7, 11) is -0.536. The predicted molar refractivity (Wildman–Crippen MR) is 73.1 cm³/mol. The molecule has 1 aliphatic heterocycles. The lowest BCUT2D eigenvalue weighted by Gasteiger charge is -2.32. The largest absolute Gasteiger partial charge is 0.496 e. The average Bonchev–Trinajstić information content (AvgIpc) is 2.47. The molecule has 0 radical (unpaired) electrons. The molecular weight excluding hydrogens is 250 g/mol. The molecule has 0 saturated carbocycles. The molecule has 0 unspecified atom stereocenters. The second-order valence-electron chi connectivity index (χ2n) is 5.56. The third kappa shape index (κ3) is 2.18. The molecule has 0 aliphatic carbocycles. The minimum absolute atomic E-state index is 0.0834. The van der Waals surface area contributed by atoms with Crippen molar-refractivity contribution in [1.82, 2.24) is 0 Å². The number of hydrogen-bond donors (Lipinski definition) is 1. The summed E-state index contributed by atoms with van der Waals surface area (Å²) < 4.78 is 11.9. The smallest absolute Gasteiger partial charge is 0.399 e. The van der Waals surface area contributed by atoms with E-state index in [4.69, 9.17) is 20.9 Å². The van der Waals surface area contributed by atoms with E-state index in [1.807, 2.05) is 39.8 Å². The van der Waals surface area contributed by atoms with Gasteiger partial charge in [-0.25, -0.2) is 0 Å². The van der Waals surface area contributed by atoms with Crippen LogP contribution in [0.25, 0.3) is 0 Å². The van der Waals surface area contributed by atoms with Gasteiger partial charge in [-0.05, 0) is 39.3 Å². The Balaban J connectivity index is 2.41. The van der Waals surface area contributed by atoms with E-state index in [1.165, 1.54) is 0 Å². The third-order valence-electron chi connectivity index (χ3n) is 3.80. The fourth-order valence-corrected chi connectivity index (χ4v) is 2.23. The zero-order chi connectivity index (χ0) is 13.6. The summed E-state index contributed by atoms with van der Waals surface area (Å²) in [5.41, 5.74) is 0.633. The van der Waals surface area contributed by atoms with Crippen LogP contribution in [0.4, 0.5) is 0 Å². The quantitative estimate of drug-likeness (QED) is 0.835. The van der Waals surface area contributed by atoms with Crippen molar-refractivity contribution in [2.45, 2.75) is 45.5 Å². The van der Waals surface area contributed by atoms with Gasteiger partial charge in [-0.1, -0.05) is 23.7 Å². The van der Waals surface area contributed by atoms with Crippen molar-refractivity contribution in [2.24, 2.45) is 0 Å². The highest BCUT2D eigenvalue weighted by Crippen LogP contribution is 2.37. The lowest BCUT2D eigenvalue weighted by atomic mass is 9.76. The van der Waals surface area contributed by atoms with Gasteiger partial charge >= 0.3 is 7.12 Å². The van der Waals surface area contributed by atoms with Gasteiger partial charge in [-0.3, -0.25) is 0 Å². The van der Waals surface area contributed by atoms with Crippen LogP contribution in [0.3, 0.4) is 0 Å². The maximum atomic E-state index is 9.39. The summed E-state index contributed by atoms with van der Waals surface area (Å²) in [6.45, 7) is 7.87. The Morgan fingerprint density at radius 3 is 2.22 bits per heavy atom. The minimum atomic E-state index is -0.536. The first-order valence-corrected chi connectivity index (χ1v) is 6.40. The normalized spacial score (nSPS) is 21.3. The zero-order valence-electron chi connectivity index (χ0n) is 11.2. The second-order valence-corrected chi connectivity index (χ2v) is 5.97. The van der Waals surface area contributed by atoms with Crippen molar-refractivity contribution in [1.29, 1.82) is 0 Å². The molecule has 18 heavy (non-hydrogen) atoms. The molecule has 1 saturated heterocycles. The monoisotopic (exact) mass is 268 g/mol. The fourth-order valence-electron chi connectivity index (χ4n) is 1.94. The first kappa shape index (κ1) is 13.9. The van der Waals surface area contributed by atoms with Crippen LogP contribution in [0.1, 0.15) is 33.3 Å². The SMILES string of the molecule is CC1(C)OB(c2c(Cl)cccc2CO)OC1(C)C. The van der Waals surface area contributed by atoms with Crippen molar-refractivity contribution < 1.29 is 14.4 Å². The van der Waals surface area contributed by atoms with Crippen LogP contribution in [0.5, 0.6) is 0 Å². The molecule has 5 heteroatoms. The second kappa shape index (κ2) is 4.53. The van der Waals surface area contributed by atoms with Crippen LogP contribution in [0, 0.1) is 0 Å². The van der Waals surface area contributed by atoms with Gasteiger partial charge in [0.2, 0.25) is 0 Å². The molecule has 1 aliphatic rings. The highest BCUT2D eigenvalue weighted by atomic mass is 35.5. The summed E-state index contributed by atoms with van der Waals surface area (Å²) in [6.07, 6.45) is 0. The lowest BCUT2D eigenvalue weighted by Crippen LogP contribution is -2.41. The van der Waals surface area contributed by atoms with Crippen molar-refractivity contribution >= 4 is 24.2 Å². The molecule has 1 aromatic rings. The van der Waals surface area contributed by atoms with Crippen LogP contribution in [0.2, 0.25) is 5.02 Å². The minimum Gasteiger partial charge on any atom is -0.399 e. The summed E-state index contributed by atoms with van der Waals surface area (Å²) in [6, 6.07) is 5.41. The molecule has 98 valence electrons. The van der Waals surface area contributed by atoms with E-state index >= 15 is 0 Å².